The number of rotatable bonds is 2. The predicted octanol–water partition coefficient (Wildman–Crippen LogP) is 3.23. The van der Waals surface area contributed by atoms with E-state index in [1.165, 1.54) is 18.4 Å². The second kappa shape index (κ2) is 4.84. The van der Waals surface area contributed by atoms with E-state index in [1.807, 2.05) is 6.07 Å². The Balaban J connectivity index is 1.68. The van der Waals surface area contributed by atoms with Gasteiger partial charge in [-0.05, 0) is 37.2 Å². The van der Waals surface area contributed by atoms with Gasteiger partial charge in [0.25, 0.3) is 0 Å². The zero-order valence-corrected chi connectivity index (χ0v) is 12.7. The van der Waals surface area contributed by atoms with Crippen LogP contribution in [-0.2, 0) is 4.79 Å². The molecule has 1 spiro atoms. The summed E-state index contributed by atoms with van der Waals surface area (Å²) in [5.41, 5.74) is 0.966. The smallest absolute Gasteiger partial charge is 0.244 e. The first-order chi connectivity index (χ1) is 10.2. The number of nitrogens with one attached hydrogen (secondary N) is 1. The van der Waals surface area contributed by atoms with Crippen molar-refractivity contribution in [1.29, 1.82) is 0 Å². The molecule has 3 aliphatic rings. The molecular weight excluding hydrogens is 260 g/mol. The highest BCUT2D eigenvalue weighted by Crippen LogP contribution is 2.45. The van der Waals surface area contributed by atoms with Crippen LogP contribution in [0.4, 0.5) is 0 Å². The summed E-state index contributed by atoms with van der Waals surface area (Å²) in [4.78, 5) is 15.3. The van der Waals surface area contributed by atoms with Crippen molar-refractivity contribution >= 4 is 5.91 Å². The van der Waals surface area contributed by atoms with E-state index in [9.17, 15) is 4.79 Å². The zero-order chi connectivity index (χ0) is 14.4. The molecule has 1 heterocycles. The fraction of sp³-hybridized carbons (Fsp3) is 0.611. The quantitative estimate of drug-likeness (QED) is 0.904. The van der Waals surface area contributed by atoms with Crippen LogP contribution in [0.15, 0.2) is 30.3 Å². The molecule has 1 amide bonds. The third-order valence-corrected chi connectivity index (χ3v) is 5.65. The van der Waals surface area contributed by atoms with E-state index in [0.717, 1.165) is 31.6 Å². The lowest BCUT2D eigenvalue weighted by molar-refractivity contribution is -0.138. The Hall–Kier alpha value is -1.35. The van der Waals surface area contributed by atoms with Gasteiger partial charge in [0.1, 0.15) is 6.17 Å². The largest absolute Gasteiger partial charge is 0.318 e. The molecule has 4 rings (SSSR count). The van der Waals surface area contributed by atoms with E-state index in [-0.39, 0.29) is 11.7 Å². The molecule has 1 unspecified atom stereocenters. The van der Waals surface area contributed by atoms with Crippen LogP contribution in [0.3, 0.4) is 0 Å². The van der Waals surface area contributed by atoms with Gasteiger partial charge in [0.15, 0.2) is 0 Å². The minimum absolute atomic E-state index is 0.0781. The summed E-state index contributed by atoms with van der Waals surface area (Å²) >= 11 is 0. The fourth-order valence-corrected chi connectivity index (χ4v) is 4.44. The molecule has 3 heteroatoms. The van der Waals surface area contributed by atoms with Crippen molar-refractivity contribution in [3.05, 3.63) is 35.9 Å². The van der Waals surface area contributed by atoms with Crippen molar-refractivity contribution in [2.24, 2.45) is 5.92 Å². The summed E-state index contributed by atoms with van der Waals surface area (Å²) in [6.07, 6.45) is 6.76. The van der Waals surface area contributed by atoms with Gasteiger partial charge in [-0.15, -0.1) is 0 Å². The van der Waals surface area contributed by atoms with Gasteiger partial charge < -0.3 is 4.90 Å². The average molecular weight is 284 g/mol. The maximum atomic E-state index is 13.1. The Labute approximate surface area is 126 Å². The predicted molar refractivity (Wildman–Crippen MR) is 82.5 cm³/mol. The van der Waals surface area contributed by atoms with Crippen LogP contribution in [0.1, 0.15) is 57.2 Å². The second-order valence-electron chi connectivity index (χ2n) is 7.19. The summed E-state index contributed by atoms with van der Waals surface area (Å²) in [7, 11) is 0. The molecule has 2 aliphatic carbocycles. The lowest BCUT2D eigenvalue weighted by Crippen LogP contribution is -2.49. The highest BCUT2D eigenvalue weighted by atomic mass is 16.2. The molecule has 1 atom stereocenters. The lowest BCUT2D eigenvalue weighted by atomic mass is 9.80. The SMILES string of the molecule is CC1CC(N2C(=O)C3(CCCC3)NC2c2ccccc2)C1. The molecule has 3 nitrogen and oxygen atoms in total. The van der Waals surface area contributed by atoms with Crippen molar-refractivity contribution in [2.45, 2.75) is 63.2 Å². The maximum Gasteiger partial charge on any atom is 0.244 e. The highest BCUT2D eigenvalue weighted by Gasteiger charge is 2.55. The first kappa shape index (κ1) is 13.3. The number of carbonyl (C=O) groups excluding carboxylic acids is 1. The Morgan fingerprint density at radius 1 is 1.14 bits per heavy atom. The molecule has 1 saturated heterocycles. The van der Waals surface area contributed by atoms with Gasteiger partial charge in [-0.1, -0.05) is 50.1 Å². The summed E-state index contributed by atoms with van der Waals surface area (Å²) in [6, 6.07) is 10.9. The van der Waals surface area contributed by atoms with Crippen LogP contribution < -0.4 is 5.32 Å². The van der Waals surface area contributed by atoms with Crippen LogP contribution in [-0.4, -0.2) is 22.4 Å². The van der Waals surface area contributed by atoms with E-state index in [2.05, 4.69) is 41.4 Å². The van der Waals surface area contributed by atoms with Crippen molar-refractivity contribution in [1.82, 2.24) is 10.2 Å². The summed E-state index contributed by atoms with van der Waals surface area (Å²) in [5.74, 6) is 1.13. The normalized spacial score (nSPS) is 34.4. The Morgan fingerprint density at radius 3 is 2.43 bits per heavy atom. The van der Waals surface area contributed by atoms with Gasteiger partial charge in [0.05, 0.1) is 5.54 Å². The van der Waals surface area contributed by atoms with Gasteiger partial charge >= 0.3 is 0 Å². The van der Waals surface area contributed by atoms with Crippen LogP contribution >= 0.6 is 0 Å². The minimum atomic E-state index is -0.265. The first-order valence-electron chi connectivity index (χ1n) is 8.35. The van der Waals surface area contributed by atoms with Gasteiger partial charge in [0, 0.05) is 6.04 Å². The van der Waals surface area contributed by atoms with Crippen molar-refractivity contribution in [3.63, 3.8) is 0 Å². The first-order valence-corrected chi connectivity index (χ1v) is 8.35. The highest BCUT2D eigenvalue weighted by molar-refractivity contribution is 5.89. The number of benzene rings is 1. The maximum absolute atomic E-state index is 13.1. The molecule has 0 radical (unpaired) electrons. The fourth-order valence-electron chi connectivity index (χ4n) is 4.44. The second-order valence-corrected chi connectivity index (χ2v) is 7.19. The van der Waals surface area contributed by atoms with E-state index < -0.39 is 0 Å². The van der Waals surface area contributed by atoms with E-state index in [0.29, 0.717) is 11.9 Å². The van der Waals surface area contributed by atoms with Crippen LogP contribution in [0.2, 0.25) is 0 Å². The zero-order valence-electron chi connectivity index (χ0n) is 12.7. The lowest BCUT2D eigenvalue weighted by Gasteiger charge is -2.42. The van der Waals surface area contributed by atoms with Crippen molar-refractivity contribution < 1.29 is 4.79 Å². The molecular formula is C18H24N2O. The molecule has 1 N–H and O–H groups in total. The Morgan fingerprint density at radius 2 is 1.81 bits per heavy atom. The standard InChI is InChI=1S/C18H24N2O/c1-13-11-15(12-13)20-16(14-7-3-2-4-8-14)19-18(17(20)21)9-5-6-10-18/h2-4,7-8,13,15-16,19H,5-6,9-12H2,1H3. The topological polar surface area (TPSA) is 32.3 Å². The molecule has 21 heavy (non-hydrogen) atoms. The molecule has 1 aromatic carbocycles. The number of amides is 1. The number of hydrogen-bond acceptors (Lipinski definition) is 2. The van der Waals surface area contributed by atoms with Crippen LogP contribution in [0.25, 0.3) is 0 Å². The van der Waals surface area contributed by atoms with Gasteiger partial charge in [-0.25, -0.2) is 0 Å². The third kappa shape index (κ3) is 2.02. The van der Waals surface area contributed by atoms with Crippen LogP contribution in [0, 0.1) is 5.92 Å². The van der Waals surface area contributed by atoms with E-state index in [1.54, 1.807) is 0 Å². The molecule has 0 bridgehead atoms. The Kier molecular flexibility index (Phi) is 3.07. The summed E-state index contributed by atoms with van der Waals surface area (Å²) in [5, 5.41) is 3.72. The van der Waals surface area contributed by atoms with Crippen molar-refractivity contribution in [3.8, 4) is 0 Å². The van der Waals surface area contributed by atoms with Gasteiger partial charge in [-0.3, -0.25) is 10.1 Å². The number of nitrogens with zero attached hydrogens (tertiary/aromatic N) is 1. The average Bonchev–Trinajstić information content (AvgIpc) is 3.05. The third-order valence-electron chi connectivity index (χ3n) is 5.65. The molecule has 112 valence electrons. The molecule has 2 saturated carbocycles. The molecule has 0 aromatic heterocycles. The molecule has 3 fully saturated rings. The number of hydrogen-bond donors (Lipinski definition) is 1. The number of carbonyl (C=O) groups is 1. The minimum Gasteiger partial charge on any atom is -0.318 e. The molecule has 1 aliphatic heterocycles. The van der Waals surface area contributed by atoms with Crippen molar-refractivity contribution in [2.75, 3.05) is 0 Å². The Bertz CT molecular complexity index is 529. The monoisotopic (exact) mass is 284 g/mol. The van der Waals surface area contributed by atoms with Crippen LogP contribution in [0.5, 0.6) is 0 Å². The van der Waals surface area contributed by atoms with Gasteiger partial charge in [-0.2, -0.15) is 0 Å². The van der Waals surface area contributed by atoms with E-state index in [4.69, 9.17) is 0 Å². The summed E-state index contributed by atoms with van der Waals surface area (Å²) < 4.78 is 0. The molecule has 1 aromatic rings. The summed E-state index contributed by atoms with van der Waals surface area (Å²) in [6.45, 7) is 2.29. The van der Waals surface area contributed by atoms with E-state index >= 15 is 0 Å². The van der Waals surface area contributed by atoms with Gasteiger partial charge in [0.2, 0.25) is 5.91 Å².